The van der Waals surface area contributed by atoms with Gasteiger partial charge in [-0.1, -0.05) is 13.0 Å². The number of aliphatic imine (C=N–C) groups is 1. The van der Waals surface area contributed by atoms with Gasteiger partial charge in [-0.3, -0.25) is 9.69 Å². The fourth-order valence-electron chi connectivity index (χ4n) is 5.67. The number of amidine groups is 1. The van der Waals surface area contributed by atoms with Crippen LogP contribution in [-0.4, -0.2) is 61.4 Å². The van der Waals surface area contributed by atoms with Gasteiger partial charge in [0, 0.05) is 43.6 Å². The zero-order valence-electron chi connectivity index (χ0n) is 22.0. The summed E-state index contributed by atoms with van der Waals surface area (Å²) in [5, 5.41) is 0.704. The van der Waals surface area contributed by atoms with E-state index in [0.29, 0.717) is 16.0 Å². The molecule has 0 bridgehead atoms. The van der Waals surface area contributed by atoms with Crippen LogP contribution in [0.15, 0.2) is 52.4 Å². The topological polar surface area (TPSA) is 48.4 Å². The van der Waals surface area contributed by atoms with Gasteiger partial charge in [-0.05, 0) is 98.5 Å². The molecule has 7 heteroatoms. The molecule has 0 aromatic heterocycles. The lowest BCUT2D eigenvalue weighted by atomic mass is 9.79. The molecule has 0 saturated carbocycles. The summed E-state index contributed by atoms with van der Waals surface area (Å²) >= 11 is 1.44. The number of nitrogens with zero attached hydrogens (tertiary/aromatic N) is 4. The molecule has 0 N–H and O–H groups in total. The predicted molar refractivity (Wildman–Crippen MR) is 151 cm³/mol. The van der Waals surface area contributed by atoms with Crippen LogP contribution in [0.3, 0.4) is 0 Å². The zero-order valence-corrected chi connectivity index (χ0v) is 22.8. The summed E-state index contributed by atoms with van der Waals surface area (Å²) in [6, 6.07) is 14.8. The normalized spacial score (nSPS) is 24.1. The molecule has 0 spiro atoms. The molecule has 3 aliphatic rings. The third-order valence-electron chi connectivity index (χ3n) is 7.48. The lowest BCUT2D eigenvalue weighted by molar-refractivity contribution is -0.121. The molecule has 1 atom stereocenters. The Balaban J connectivity index is 1.36. The van der Waals surface area contributed by atoms with Gasteiger partial charge in [0.1, 0.15) is 0 Å². The van der Waals surface area contributed by atoms with E-state index in [9.17, 15) is 4.79 Å². The highest BCUT2D eigenvalue weighted by Crippen LogP contribution is 2.44. The maximum Gasteiger partial charge on any atom is 0.266 e. The minimum absolute atomic E-state index is 0.00854. The van der Waals surface area contributed by atoms with E-state index < -0.39 is 0 Å². The van der Waals surface area contributed by atoms with Crippen LogP contribution < -0.4 is 9.80 Å². The standard InChI is InChI=1S/C29H36N4O2S/c1-6-33-25-12-7-21(17-24(25)20(2)19-29(33,3)4)18-26-27(34)31(5)28(36-26)30-22-8-10-23(11-9-22)32-13-15-35-16-14-32/h7-12,17-18,20H,6,13-16,19H2,1-5H3/b26-18-,30-28?. The molecular formula is C29H36N4O2S. The quantitative estimate of drug-likeness (QED) is 0.488. The molecule has 2 saturated heterocycles. The van der Waals surface area contributed by atoms with Gasteiger partial charge < -0.3 is 14.5 Å². The smallest absolute Gasteiger partial charge is 0.266 e. The maximum atomic E-state index is 13.0. The first kappa shape index (κ1) is 24.9. The summed E-state index contributed by atoms with van der Waals surface area (Å²) in [5.74, 6) is 0.467. The number of morpholine rings is 1. The van der Waals surface area contributed by atoms with E-state index in [2.05, 4.69) is 67.8 Å². The Bertz CT molecular complexity index is 1200. The highest BCUT2D eigenvalue weighted by Gasteiger charge is 2.35. The highest BCUT2D eigenvalue weighted by molar-refractivity contribution is 8.18. The van der Waals surface area contributed by atoms with Crippen molar-refractivity contribution in [1.29, 1.82) is 0 Å². The molecule has 3 aliphatic heterocycles. The van der Waals surface area contributed by atoms with Gasteiger partial charge in [0.25, 0.3) is 5.91 Å². The van der Waals surface area contributed by atoms with Gasteiger partial charge in [-0.25, -0.2) is 4.99 Å². The first-order valence-electron chi connectivity index (χ1n) is 12.9. The molecular weight excluding hydrogens is 468 g/mol. The fraction of sp³-hybridized carbons (Fsp3) is 0.448. The number of rotatable bonds is 4. The molecule has 0 radical (unpaired) electrons. The van der Waals surface area contributed by atoms with Crippen LogP contribution in [0.5, 0.6) is 0 Å². The molecule has 190 valence electrons. The summed E-state index contributed by atoms with van der Waals surface area (Å²) in [4.78, 5) is 25.0. The number of likely N-dealkylation sites (N-methyl/N-ethyl adjacent to an activating group) is 1. The highest BCUT2D eigenvalue weighted by atomic mass is 32.2. The van der Waals surface area contributed by atoms with Crippen LogP contribution >= 0.6 is 11.8 Å². The van der Waals surface area contributed by atoms with Crippen LogP contribution in [0.2, 0.25) is 0 Å². The van der Waals surface area contributed by atoms with Crippen molar-refractivity contribution in [2.24, 2.45) is 4.99 Å². The fourth-order valence-corrected chi connectivity index (χ4v) is 6.66. The van der Waals surface area contributed by atoms with E-state index in [0.717, 1.165) is 50.5 Å². The van der Waals surface area contributed by atoms with Crippen molar-refractivity contribution in [3.8, 4) is 0 Å². The number of ether oxygens (including phenoxy) is 1. The SMILES string of the molecule is CCN1c2ccc(/C=C3\SC(=Nc4ccc(N5CCOCC5)cc4)N(C)C3=O)cc2C(C)CC1(C)C. The van der Waals surface area contributed by atoms with E-state index in [4.69, 9.17) is 9.73 Å². The third-order valence-corrected chi connectivity index (χ3v) is 8.54. The van der Waals surface area contributed by atoms with Crippen LogP contribution in [0.25, 0.3) is 6.08 Å². The molecule has 36 heavy (non-hydrogen) atoms. The largest absolute Gasteiger partial charge is 0.378 e. The number of carbonyl (C=O) groups is 1. The van der Waals surface area contributed by atoms with Crippen molar-refractivity contribution in [2.45, 2.75) is 45.6 Å². The molecule has 5 rings (SSSR count). The molecule has 2 aromatic rings. The lowest BCUT2D eigenvalue weighted by Gasteiger charge is -2.47. The number of carbonyl (C=O) groups excluding carboxylic acids is 1. The van der Waals surface area contributed by atoms with Crippen molar-refractivity contribution in [3.05, 3.63) is 58.5 Å². The second kappa shape index (κ2) is 9.94. The van der Waals surface area contributed by atoms with E-state index in [-0.39, 0.29) is 11.4 Å². The molecule has 3 heterocycles. The van der Waals surface area contributed by atoms with Crippen LogP contribution in [0, 0.1) is 0 Å². The summed E-state index contributed by atoms with van der Waals surface area (Å²) < 4.78 is 5.45. The third kappa shape index (κ3) is 4.78. The van der Waals surface area contributed by atoms with Gasteiger partial charge >= 0.3 is 0 Å². The Morgan fingerprint density at radius 3 is 2.56 bits per heavy atom. The summed E-state index contributed by atoms with van der Waals surface area (Å²) in [7, 11) is 1.80. The van der Waals surface area contributed by atoms with Gasteiger partial charge in [-0.15, -0.1) is 0 Å². The minimum Gasteiger partial charge on any atom is -0.378 e. The van der Waals surface area contributed by atoms with Gasteiger partial charge in [0.2, 0.25) is 0 Å². The summed E-state index contributed by atoms with van der Waals surface area (Å²) in [6.45, 7) is 13.5. The molecule has 2 aromatic carbocycles. The first-order chi connectivity index (χ1) is 17.3. The number of amides is 1. The second-order valence-corrected chi connectivity index (χ2v) is 11.5. The Kier molecular flexibility index (Phi) is 6.88. The molecule has 0 aliphatic carbocycles. The first-order valence-corrected chi connectivity index (χ1v) is 13.7. The number of fused-ring (bicyclic) bond motifs is 1. The summed E-state index contributed by atoms with van der Waals surface area (Å²) in [5.41, 5.74) is 5.92. The number of anilines is 2. The average molecular weight is 505 g/mol. The number of thioether (sulfide) groups is 1. The minimum atomic E-state index is -0.00854. The van der Waals surface area contributed by atoms with Crippen molar-refractivity contribution < 1.29 is 9.53 Å². The molecule has 1 unspecified atom stereocenters. The van der Waals surface area contributed by atoms with E-state index in [1.165, 1.54) is 28.7 Å². The van der Waals surface area contributed by atoms with Crippen LogP contribution in [0.1, 0.15) is 51.2 Å². The van der Waals surface area contributed by atoms with Crippen LogP contribution in [0.4, 0.5) is 17.1 Å². The van der Waals surface area contributed by atoms with Gasteiger partial charge in [-0.2, -0.15) is 0 Å². The second-order valence-electron chi connectivity index (χ2n) is 10.5. The Hall–Kier alpha value is -2.77. The zero-order chi connectivity index (χ0) is 25.4. The monoisotopic (exact) mass is 504 g/mol. The van der Waals surface area contributed by atoms with E-state index >= 15 is 0 Å². The number of benzene rings is 2. The summed E-state index contributed by atoms with van der Waals surface area (Å²) in [6.07, 6.45) is 3.13. The molecule has 2 fully saturated rings. The Morgan fingerprint density at radius 1 is 1.14 bits per heavy atom. The van der Waals surface area contributed by atoms with Gasteiger partial charge in [0.15, 0.2) is 5.17 Å². The molecule has 6 nitrogen and oxygen atoms in total. The Morgan fingerprint density at radius 2 is 1.86 bits per heavy atom. The van der Waals surface area contributed by atoms with Crippen molar-refractivity contribution >= 4 is 46.0 Å². The van der Waals surface area contributed by atoms with Crippen molar-refractivity contribution in [2.75, 3.05) is 49.7 Å². The van der Waals surface area contributed by atoms with Gasteiger partial charge in [0.05, 0.1) is 23.8 Å². The number of hydrogen-bond acceptors (Lipinski definition) is 6. The number of hydrogen-bond donors (Lipinski definition) is 0. The Labute approximate surface area is 219 Å². The lowest BCUT2D eigenvalue weighted by Crippen LogP contribution is -2.48. The van der Waals surface area contributed by atoms with E-state index in [1.54, 1.807) is 11.9 Å². The average Bonchev–Trinajstić information content (AvgIpc) is 3.12. The van der Waals surface area contributed by atoms with E-state index in [1.807, 2.05) is 18.2 Å². The van der Waals surface area contributed by atoms with Crippen molar-refractivity contribution in [3.63, 3.8) is 0 Å². The predicted octanol–water partition coefficient (Wildman–Crippen LogP) is 5.87. The molecule has 1 amide bonds. The van der Waals surface area contributed by atoms with Crippen LogP contribution in [-0.2, 0) is 9.53 Å². The maximum absolute atomic E-state index is 13.0. The van der Waals surface area contributed by atoms with Crippen molar-refractivity contribution in [1.82, 2.24) is 4.90 Å².